The number of nitrogens with zero attached hydrogens (tertiary/aromatic N) is 1. The van der Waals surface area contributed by atoms with Gasteiger partial charge < -0.3 is 25.8 Å². The Hall–Kier alpha value is -2.90. The first kappa shape index (κ1) is 20.4. The Morgan fingerprint density at radius 1 is 1.27 bits per heavy atom. The second-order valence-electron chi connectivity index (χ2n) is 8.44. The lowest BCUT2D eigenvalue weighted by Crippen LogP contribution is -2.38. The highest BCUT2D eigenvalue weighted by Gasteiger charge is 2.24. The van der Waals surface area contributed by atoms with Crippen molar-refractivity contribution in [2.45, 2.75) is 44.9 Å². The fourth-order valence-corrected chi connectivity index (χ4v) is 3.78. The molecule has 0 bridgehead atoms. The number of aliphatic imine (C=N–C) groups is 1. The van der Waals surface area contributed by atoms with E-state index in [0.717, 1.165) is 24.1 Å². The van der Waals surface area contributed by atoms with Crippen molar-refractivity contribution in [2.75, 3.05) is 23.7 Å². The van der Waals surface area contributed by atoms with E-state index in [0.29, 0.717) is 24.9 Å². The lowest BCUT2D eigenvalue weighted by atomic mass is 10.1. The van der Waals surface area contributed by atoms with Crippen molar-refractivity contribution in [2.24, 2.45) is 4.99 Å². The van der Waals surface area contributed by atoms with Crippen molar-refractivity contribution in [1.29, 1.82) is 0 Å². The van der Waals surface area contributed by atoms with E-state index in [2.05, 4.69) is 40.2 Å². The van der Waals surface area contributed by atoms with Crippen LogP contribution >= 0.6 is 0 Å². The monoisotopic (exact) mass is 408 g/mol. The van der Waals surface area contributed by atoms with Gasteiger partial charge in [0.25, 0.3) is 6.02 Å². The highest BCUT2D eigenvalue weighted by atomic mass is 16.5. The second-order valence-corrected chi connectivity index (χ2v) is 8.44. The number of hydrogen-bond acceptors (Lipinski definition) is 5. The summed E-state index contributed by atoms with van der Waals surface area (Å²) in [5.74, 6) is -0.161. The third-order valence-corrected chi connectivity index (χ3v) is 5.21. The summed E-state index contributed by atoms with van der Waals surface area (Å²) < 4.78 is 5.83. The molecule has 0 fully saturated rings. The van der Waals surface area contributed by atoms with Gasteiger partial charge in [-0.2, -0.15) is 0 Å². The Kier molecular flexibility index (Phi) is 5.74. The molecule has 4 rings (SSSR count). The average Bonchev–Trinajstić information content (AvgIpc) is 3.10. The summed E-state index contributed by atoms with van der Waals surface area (Å²) >= 11 is 0. The van der Waals surface area contributed by atoms with Gasteiger partial charge in [-0.25, -0.2) is 4.99 Å². The maximum atomic E-state index is 12.1. The molecule has 0 aromatic heterocycles. The number of fused-ring (bicyclic) bond motifs is 2. The number of aryl methyl sites for hydroxylation is 1. The van der Waals surface area contributed by atoms with Gasteiger partial charge >= 0.3 is 0 Å². The zero-order chi connectivity index (χ0) is 21.1. The van der Waals surface area contributed by atoms with Crippen LogP contribution in [-0.2, 0) is 22.6 Å². The van der Waals surface area contributed by atoms with Gasteiger partial charge in [0.05, 0.1) is 18.2 Å². The molecule has 7 nitrogen and oxygen atoms in total. The summed E-state index contributed by atoms with van der Waals surface area (Å²) in [6, 6.07) is 14.8. The quantitative estimate of drug-likeness (QED) is 0.590. The van der Waals surface area contributed by atoms with Gasteiger partial charge in [-0.05, 0) is 56.0 Å². The van der Waals surface area contributed by atoms with Gasteiger partial charge in [0, 0.05) is 23.5 Å². The Morgan fingerprint density at radius 2 is 2.10 bits per heavy atom. The molecular weight excluding hydrogens is 380 g/mol. The maximum absolute atomic E-state index is 12.1. The minimum atomic E-state index is -0.852. The first-order valence-electron chi connectivity index (χ1n) is 10.3. The third kappa shape index (κ3) is 4.98. The van der Waals surface area contributed by atoms with E-state index >= 15 is 0 Å². The van der Waals surface area contributed by atoms with Crippen molar-refractivity contribution in [3.05, 3.63) is 59.2 Å². The van der Waals surface area contributed by atoms with Crippen molar-refractivity contribution in [3.63, 3.8) is 0 Å². The topological polar surface area (TPSA) is 95.0 Å². The first-order chi connectivity index (χ1) is 14.4. The summed E-state index contributed by atoms with van der Waals surface area (Å²) in [5, 5.41) is 18.8. The van der Waals surface area contributed by atoms with E-state index < -0.39 is 5.60 Å². The summed E-state index contributed by atoms with van der Waals surface area (Å²) in [6.45, 7) is 4.26. The summed E-state index contributed by atoms with van der Waals surface area (Å²) in [5.41, 5.74) is 4.39. The van der Waals surface area contributed by atoms with Crippen LogP contribution in [0.25, 0.3) is 0 Å². The van der Waals surface area contributed by atoms with Crippen molar-refractivity contribution in [1.82, 2.24) is 5.32 Å². The van der Waals surface area contributed by atoms with E-state index in [-0.39, 0.29) is 18.5 Å². The zero-order valence-corrected chi connectivity index (χ0v) is 17.4. The lowest BCUT2D eigenvalue weighted by molar-refractivity contribution is -0.115. The number of benzene rings is 2. The Morgan fingerprint density at radius 3 is 2.93 bits per heavy atom. The minimum Gasteiger partial charge on any atom is -0.460 e. The van der Waals surface area contributed by atoms with Crippen LogP contribution in [-0.4, -0.2) is 35.7 Å². The molecule has 0 saturated heterocycles. The molecule has 4 N–H and O–H groups in total. The Bertz CT molecular complexity index is 965. The van der Waals surface area contributed by atoms with Gasteiger partial charge in [0.2, 0.25) is 5.91 Å². The van der Waals surface area contributed by atoms with Crippen LogP contribution < -0.4 is 16.0 Å². The Balaban J connectivity index is 1.36. The normalized spacial score (nSPS) is 18.9. The van der Waals surface area contributed by atoms with Crippen LogP contribution in [0.2, 0.25) is 0 Å². The van der Waals surface area contributed by atoms with Crippen molar-refractivity contribution < 1.29 is 14.6 Å². The number of carbonyl (C=O) groups excluding carboxylic acids is 1. The second kappa shape index (κ2) is 8.45. The largest absolute Gasteiger partial charge is 0.460 e. The van der Waals surface area contributed by atoms with Crippen LogP contribution in [0.3, 0.4) is 0 Å². The third-order valence-electron chi connectivity index (χ3n) is 5.21. The van der Waals surface area contributed by atoms with E-state index in [9.17, 15) is 9.90 Å². The van der Waals surface area contributed by atoms with Gasteiger partial charge in [-0.3, -0.25) is 4.79 Å². The molecule has 1 heterocycles. The highest BCUT2D eigenvalue weighted by Crippen LogP contribution is 2.34. The SMILES string of the molecule is CC(C)(O)CNCC(=O)Nc1ccc2c(c1)COC(=NC1CCc3ccccc31)N2. The van der Waals surface area contributed by atoms with Crippen LogP contribution in [0.15, 0.2) is 47.5 Å². The number of aliphatic hydroxyl groups is 1. The summed E-state index contributed by atoms with van der Waals surface area (Å²) in [6.07, 6.45) is 2.04. The first-order valence-corrected chi connectivity index (χ1v) is 10.3. The number of amidine groups is 1. The fourth-order valence-electron chi connectivity index (χ4n) is 3.78. The Labute approximate surface area is 176 Å². The number of carbonyl (C=O) groups is 1. The number of ether oxygens (including phenoxy) is 1. The number of hydrogen-bond donors (Lipinski definition) is 4. The molecule has 2 aliphatic rings. The predicted octanol–water partition coefficient (Wildman–Crippen LogP) is 2.97. The molecule has 1 aliphatic carbocycles. The molecular formula is C23H28N4O3. The molecule has 0 radical (unpaired) electrons. The van der Waals surface area contributed by atoms with Gasteiger partial charge in [0.1, 0.15) is 6.61 Å². The predicted molar refractivity (Wildman–Crippen MR) is 118 cm³/mol. The molecule has 1 atom stereocenters. The molecule has 2 aromatic rings. The molecule has 0 saturated carbocycles. The summed E-state index contributed by atoms with van der Waals surface area (Å²) in [4.78, 5) is 16.9. The maximum Gasteiger partial charge on any atom is 0.290 e. The molecule has 1 unspecified atom stereocenters. The van der Waals surface area contributed by atoms with Crippen molar-refractivity contribution in [3.8, 4) is 0 Å². The summed E-state index contributed by atoms with van der Waals surface area (Å²) in [7, 11) is 0. The molecule has 1 amide bonds. The molecule has 30 heavy (non-hydrogen) atoms. The highest BCUT2D eigenvalue weighted by molar-refractivity contribution is 5.95. The number of rotatable bonds is 6. The van der Waals surface area contributed by atoms with Gasteiger partial charge in [-0.15, -0.1) is 0 Å². The standard InChI is InChI=1S/C23H28N4O3/c1-23(2,29)14-24-12-21(28)25-17-8-10-19-16(11-17)13-30-22(26-19)27-20-9-7-15-5-3-4-6-18(15)20/h3-6,8,10-11,20,24,29H,7,9,12-14H2,1-2H3,(H,25,28)(H,26,27). The van der Waals surface area contributed by atoms with Crippen LogP contribution in [0.5, 0.6) is 0 Å². The molecule has 2 aromatic carbocycles. The van der Waals surface area contributed by atoms with E-state index in [1.807, 2.05) is 18.2 Å². The molecule has 7 heteroatoms. The number of amides is 1. The van der Waals surface area contributed by atoms with Gasteiger partial charge in [0.15, 0.2) is 0 Å². The van der Waals surface area contributed by atoms with Crippen LogP contribution in [0.1, 0.15) is 43.0 Å². The fraction of sp³-hybridized carbons (Fsp3) is 0.391. The minimum absolute atomic E-state index is 0.125. The molecule has 158 valence electrons. The van der Waals surface area contributed by atoms with Crippen molar-refractivity contribution >= 4 is 23.3 Å². The lowest BCUT2D eigenvalue weighted by Gasteiger charge is -2.22. The van der Waals surface area contributed by atoms with E-state index in [1.165, 1.54) is 11.1 Å². The molecule has 0 spiro atoms. The molecule has 1 aliphatic heterocycles. The van der Waals surface area contributed by atoms with E-state index in [4.69, 9.17) is 9.73 Å². The number of nitrogens with one attached hydrogen (secondary N) is 3. The van der Waals surface area contributed by atoms with E-state index in [1.54, 1.807) is 13.8 Å². The number of anilines is 2. The smallest absolute Gasteiger partial charge is 0.290 e. The van der Waals surface area contributed by atoms with Crippen LogP contribution in [0, 0.1) is 0 Å². The van der Waals surface area contributed by atoms with Crippen LogP contribution in [0.4, 0.5) is 11.4 Å². The average molecular weight is 409 g/mol. The van der Waals surface area contributed by atoms with Gasteiger partial charge in [-0.1, -0.05) is 24.3 Å². The zero-order valence-electron chi connectivity index (χ0n) is 17.4.